The normalized spacial score (nSPS) is 23.0. The monoisotopic (exact) mass is 1520 g/mol. The summed E-state index contributed by atoms with van der Waals surface area (Å²) in [5.41, 5.74) is -0.976. The van der Waals surface area contributed by atoms with Gasteiger partial charge in [0, 0.05) is 120 Å². The summed E-state index contributed by atoms with van der Waals surface area (Å²) in [6, 6.07) is 14.1. The Labute approximate surface area is 618 Å². The third kappa shape index (κ3) is 28.5. The molecule has 556 valence electrons. The number of nitrogens with zero attached hydrogens (tertiary/aromatic N) is 5. The molecule has 6 heterocycles. The summed E-state index contributed by atoms with van der Waals surface area (Å²) in [5.74, 6) is -2.51. The number of fused-ring (bicyclic) bond motifs is 5. The number of allylic oxidation sites excluding steroid dienone is 3. The fourth-order valence-corrected chi connectivity index (χ4v) is 16.7. The van der Waals surface area contributed by atoms with E-state index in [2.05, 4.69) is 32.8 Å². The first kappa shape index (κ1) is 88.5. The van der Waals surface area contributed by atoms with Gasteiger partial charge in [-0.05, 0) is 110 Å². The first-order valence-electron chi connectivity index (χ1n) is 32.7. The molecule has 24 nitrogen and oxygen atoms in total. The van der Waals surface area contributed by atoms with Gasteiger partial charge < -0.3 is 54.1 Å². The summed E-state index contributed by atoms with van der Waals surface area (Å²) in [6.45, 7) is 17.1. The number of benzene rings is 1. The summed E-state index contributed by atoms with van der Waals surface area (Å²) >= 11 is 6.78. The lowest BCUT2D eigenvalue weighted by Crippen LogP contribution is -2.63. The summed E-state index contributed by atoms with van der Waals surface area (Å²) in [6.07, 6.45) is 8.09. The van der Waals surface area contributed by atoms with E-state index in [9.17, 15) is 48.3 Å². The second-order valence-corrected chi connectivity index (χ2v) is 32.3. The minimum atomic E-state index is -1.84. The maximum absolute atomic E-state index is 14.2. The van der Waals surface area contributed by atoms with E-state index in [0.717, 1.165) is 27.6 Å². The van der Waals surface area contributed by atoms with E-state index in [-0.39, 0.29) is 79.2 Å². The molecular weight excluding hydrogens is 1420 g/mol. The highest BCUT2D eigenvalue weighted by Gasteiger charge is 2.64. The molecular formula is C69H101ClN8O16S6. The zero-order chi connectivity index (χ0) is 73.6. The summed E-state index contributed by atoms with van der Waals surface area (Å²) in [7, 11) is 19.0. The van der Waals surface area contributed by atoms with Gasteiger partial charge in [0.05, 0.1) is 25.3 Å². The number of hydrogen-bond acceptors (Lipinski definition) is 24. The van der Waals surface area contributed by atoms with Crippen LogP contribution in [0.2, 0.25) is 5.02 Å². The number of imide groups is 1. The lowest BCUT2D eigenvalue weighted by atomic mass is 9.83. The summed E-state index contributed by atoms with van der Waals surface area (Å²) in [4.78, 5) is 127. The molecule has 2 aromatic heterocycles. The molecule has 3 aromatic rings. The Morgan fingerprint density at radius 2 is 1.40 bits per heavy atom. The quantitative estimate of drug-likeness (QED) is 0.0191. The van der Waals surface area contributed by atoms with Gasteiger partial charge in [-0.1, -0.05) is 140 Å². The number of aliphatic hydroxyl groups is 1. The second kappa shape index (κ2) is 44.7. The van der Waals surface area contributed by atoms with E-state index in [0.29, 0.717) is 59.6 Å². The van der Waals surface area contributed by atoms with Crippen molar-refractivity contribution in [3.63, 3.8) is 0 Å². The SMILES string of the molecule is C.CC.CC(CCC(=O)ON1C(=O)CCC1=O)SSc1ccccn1.CNC(=O)CCC(C)SSCCC(=O)N(C)[C@H](C)C(=O)O[C@H]1CC(=O)N(C)c2cc(cc(OC)c2Cl)C/C(C)=C/C=C/[C@@H](OC)[C@@]2(O)C[C@H](OC(=O)N2)[C@@H](C)[C@@H]2O[C@@]12C.CNC(=O)CCC(C)SSc1ccccn1. The number of amides is 7. The smallest absolute Gasteiger partial charge is 0.409 e. The molecule has 4 aliphatic heterocycles. The van der Waals surface area contributed by atoms with Crippen LogP contribution in [0.25, 0.3) is 0 Å². The Hall–Kier alpha value is -5.70. The highest BCUT2D eigenvalue weighted by molar-refractivity contribution is 8.77. The number of nitrogens with one attached hydrogen (secondary N) is 3. The van der Waals surface area contributed by atoms with Crippen LogP contribution < -0.4 is 25.6 Å². The molecule has 11 atom stereocenters. The van der Waals surface area contributed by atoms with Crippen LogP contribution in [0.3, 0.4) is 0 Å². The minimum absolute atomic E-state index is 0. The molecule has 0 aliphatic carbocycles. The van der Waals surface area contributed by atoms with Crippen molar-refractivity contribution in [2.24, 2.45) is 5.92 Å². The Morgan fingerprint density at radius 3 is 1.93 bits per heavy atom. The molecule has 0 saturated carbocycles. The molecule has 100 heavy (non-hydrogen) atoms. The summed E-state index contributed by atoms with van der Waals surface area (Å²) < 4.78 is 29.3. The van der Waals surface area contributed by atoms with Crippen LogP contribution in [0.15, 0.2) is 94.8 Å². The zero-order valence-electron chi connectivity index (χ0n) is 59.0. The Bertz CT molecular complexity index is 3210. The molecule has 3 saturated heterocycles. The van der Waals surface area contributed by atoms with Crippen molar-refractivity contribution in [3.8, 4) is 5.75 Å². The van der Waals surface area contributed by atoms with Gasteiger partial charge in [0.25, 0.3) is 11.8 Å². The number of carbonyl (C=O) groups is 9. The standard InChI is InChI=1S/C41H59ClN4O11S2.C14H16N2O4S2.C11H16N2OS2.C2H6.CH4/c1-23-12-11-13-31(54-10)41(52)22-30(55-39(51)44-41)25(3)37-40(5,57-37)32(21-35(49)46(8)28-19-27(18-23)20-29(53-9)36(28)42)56-38(50)26(4)45(7)34(48)16-17-58-59-24(2)14-15-33(47)43-6;1-10(21-22-11-4-2-3-9-15-11)5-8-14(19)20-16-12(17)6-7-13(16)18;1-9(6-7-10(14)12-2)15-16-11-5-3-4-8-13-11;1-2;/h11-13,19-20,24-26,30-32,37,52H,14-18,21-22H2,1-10H3,(H,43,47)(H,44,51);2-4,9-10H,5-8H2,1H3;3-5,8-9H,6-7H2,1-2H3,(H,12,14);1-2H3;1H4/b13-11+,23-12+;;;;/t24?,25-,26-,30+,31-,32+,37+,40+,41+;;;;/m1..../s1. The van der Waals surface area contributed by atoms with Gasteiger partial charge in [0.1, 0.15) is 50.8 Å². The molecule has 4 N–H and O–H groups in total. The van der Waals surface area contributed by atoms with Crippen molar-refractivity contribution in [2.75, 3.05) is 53.1 Å². The van der Waals surface area contributed by atoms with Gasteiger partial charge in [0.2, 0.25) is 23.6 Å². The fraction of sp³-hybridized carbons (Fsp3) is 0.580. The number of hydrogen-bond donors (Lipinski definition) is 4. The highest BCUT2D eigenvalue weighted by Crippen LogP contribution is 2.49. The predicted octanol–water partition coefficient (Wildman–Crippen LogP) is 12.2. The van der Waals surface area contributed by atoms with Crippen LogP contribution in [0.4, 0.5) is 10.5 Å². The molecule has 0 spiro atoms. The average Bonchev–Trinajstić information content (AvgIpc) is 1.57. The van der Waals surface area contributed by atoms with E-state index in [1.54, 1.807) is 133 Å². The summed E-state index contributed by atoms with van der Waals surface area (Å²) in [5, 5.41) is 23.1. The van der Waals surface area contributed by atoms with Gasteiger partial charge in [-0.25, -0.2) is 24.4 Å². The van der Waals surface area contributed by atoms with Crippen LogP contribution >= 0.6 is 76.4 Å². The van der Waals surface area contributed by atoms with Crippen molar-refractivity contribution in [3.05, 3.63) is 95.3 Å². The number of methoxy groups -OCH3 is 2. The highest BCUT2D eigenvalue weighted by atomic mass is 35.5. The van der Waals surface area contributed by atoms with Crippen LogP contribution in [-0.4, -0.2) is 184 Å². The number of ether oxygens (including phenoxy) is 5. The predicted molar refractivity (Wildman–Crippen MR) is 400 cm³/mol. The minimum Gasteiger partial charge on any atom is -0.495 e. The number of rotatable bonds is 26. The maximum atomic E-state index is 14.2. The van der Waals surface area contributed by atoms with Gasteiger partial charge in [-0.15, -0.1) is 5.06 Å². The molecule has 4 aliphatic rings. The number of anilines is 1. The Kier molecular flexibility index (Phi) is 39.6. The average molecular weight is 1530 g/mol. The van der Waals surface area contributed by atoms with Crippen LogP contribution in [-0.2, 0) is 68.6 Å². The number of esters is 1. The van der Waals surface area contributed by atoms with Crippen molar-refractivity contribution < 1.29 is 76.8 Å². The van der Waals surface area contributed by atoms with Crippen molar-refractivity contribution >= 4 is 136 Å². The van der Waals surface area contributed by atoms with Crippen LogP contribution in [0.1, 0.15) is 146 Å². The fourth-order valence-electron chi connectivity index (χ4n) is 9.93. The van der Waals surface area contributed by atoms with E-state index < -0.39 is 83.5 Å². The maximum Gasteiger partial charge on any atom is 0.409 e. The third-order valence-electron chi connectivity index (χ3n) is 16.1. The van der Waals surface area contributed by atoms with Crippen LogP contribution in [0.5, 0.6) is 5.75 Å². The largest absolute Gasteiger partial charge is 0.495 e. The number of aromatic nitrogens is 2. The molecule has 31 heteroatoms. The van der Waals surface area contributed by atoms with E-state index >= 15 is 0 Å². The number of halogens is 1. The topological polar surface area (TPSA) is 304 Å². The molecule has 7 rings (SSSR count). The molecule has 7 amide bonds. The van der Waals surface area contributed by atoms with Crippen molar-refractivity contribution in [2.45, 2.75) is 214 Å². The third-order valence-corrected chi connectivity index (χ3v) is 25.2. The molecule has 3 fully saturated rings. The molecule has 0 radical (unpaired) electrons. The van der Waals surface area contributed by atoms with Crippen molar-refractivity contribution in [1.29, 1.82) is 0 Å². The van der Waals surface area contributed by atoms with Gasteiger partial charge in [0.15, 0.2) is 5.72 Å². The number of alkyl carbamates (subject to hydrolysis) is 1. The van der Waals surface area contributed by atoms with Gasteiger partial charge in [-0.2, -0.15) is 0 Å². The second-order valence-electron chi connectivity index (χ2n) is 23.7. The number of pyridine rings is 2. The lowest BCUT2D eigenvalue weighted by Gasteiger charge is -2.42. The van der Waals surface area contributed by atoms with Crippen molar-refractivity contribution in [1.82, 2.24) is 35.9 Å². The first-order chi connectivity index (χ1) is 47.1. The zero-order valence-corrected chi connectivity index (χ0v) is 64.7. The number of epoxide rings is 1. The molecule has 1 aromatic carbocycles. The van der Waals surface area contributed by atoms with Gasteiger partial charge in [-0.3, -0.25) is 34.1 Å². The molecule has 3 unspecified atom stereocenters. The Morgan fingerprint density at radius 1 is 0.840 bits per heavy atom. The lowest BCUT2D eigenvalue weighted by molar-refractivity contribution is -0.197. The van der Waals surface area contributed by atoms with E-state index in [4.69, 9.17) is 40.1 Å². The van der Waals surface area contributed by atoms with E-state index in [1.807, 2.05) is 77.1 Å². The number of likely N-dealkylation sites (N-methyl/N-ethyl adjacent to an activating group) is 1. The first-order valence-corrected chi connectivity index (χ1v) is 39.8. The molecule has 4 bridgehead atoms. The van der Waals surface area contributed by atoms with E-state index in [1.165, 1.54) is 41.9 Å². The number of carbonyl (C=O) groups excluding carboxylic acids is 9. The number of hydroxylamine groups is 2. The van der Waals surface area contributed by atoms with Crippen LogP contribution in [0, 0.1) is 5.92 Å². The Balaban J connectivity index is 0.000000512. The van der Waals surface area contributed by atoms with Gasteiger partial charge >= 0.3 is 18.0 Å².